The fraction of sp³-hybridized carbons (Fsp3) is 0.729. The van der Waals surface area contributed by atoms with Crippen LogP contribution in [0.25, 0.3) is 0 Å². The molecule has 0 aromatic rings. The van der Waals surface area contributed by atoms with E-state index >= 15 is 0 Å². The van der Waals surface area contributed by atoms with Gasteiger partial charge in [-0.05, 0) is 103 Å². The average molecular weight is 1060 g/mol. The summed E-state index contributed by atoms with van der Waals surface area (Å²) in [5, 5.41) is 0. The lowest BCUT2D eigenvalue weighted by atomic mass is 10.0. The minimum Gasteiger partial charge on any atom is -0.462 e. The van der Waals surface area contributed by atoms with Crippen LogP contribution in [-0.4, -0.2) is 37.2 Å². The maximum Gasteiger partial charge on any atom is 0.306 e. The van der Waals surface area contributed by atoms with Crippen molar-refractivity contribution in [1.82, 2.24) is 0 Å². The van der Waals surface area contributed by atoms with Crippen LogP contribution in [-0.2, 0) is 28.6 Å². The van der Waals surface area contributed by atoms with Gasteiger partial charge in [0, 0.05) is 19.3 Å². The molecule has 6 heteroatoms. The third-order valence-electron chi connectivity index (χ3n) is 13.8. The number of hydrogen-bond acceptors (Lipinski definition) is 6. The van der Waals surface area contributed by atoms with Crippen molar-refractivity contribution >= 4 is 17.9 Å². The van der Waals surface area contributed by atoms with Gasteiger partial charge in [-0.3, -0.25) is 14.4 Å². The maximum absolute atomic E-state index is 12.9. The third kappa shape index (κ3) is 61.2. The average Bonchev–Trinajstić information content (AvgIpc) is 3.42. The molecule has 76 heavy (non-hydrogen) atoms. The van der Waals surface area contributed by atoms with Crippen LogP contribution in [0.2, 0.25) is 0 Å². The standard InChI is InChI=1S/C70H120O6/c1-4-7-10-13-16-19-22-24-26-28-30-32-33-34-35-36-37-39-40-42-44-46-48-51-54-57-60-63-69(72)75-66-67(65-74-68(71)62-59-56-53-50-21-18-15-12-9-6-3)76-70(73)64-61-58-55-52-49-47-45-43-41-38-31-29-27-25-23-20-17-14-11-8-5-2/h7,10,16,19,23-26,29-32,34-35,41,43,67H,4-6,8-9,11-15,17-18,20-22,27-28,33,36-40,42,44-66H2,1-3H3/b10-7-,19-16-,25-23-,26-24-,31-29-,32-30-,35-34-,43-41-. The molecule has 0 spiro atoms. The normalized spacial score (nSPS) is 12.7. The zero-order valence-corrected chi connectivity index (χ0v) is 50.0. The van der Waals surface area contributed by atoms with Crippen molar-refractivity contribution in [2.75, 3.05) is 13.2 Å². The first-order valence-corrected chi connectivity index (χ1v) is 32.2. The van der Waals surface area contributed by atoms with Gasteiger partial charge in [0.15, 0.2) is 6.10 Å². The van der Waals surface area contributed by atoms with Crippen LogP contribution in [0.3, 0.4) is 0 Å². The monoisotopic (exact) mass is 1060 g/mol. The smallest absolute Gasteiger partial charge is 0.306 e. The molecule has 0 N–H and O–H groups in total. The van der Waals surface area contributed by atoms with Crippen molar-refractivity contribution in [3.05, 3.63) is 97.2 Å². The Kier molecular flexibility index (Phi) is 60.8. The Labute approximate surface area is 470 Å². The molecule has 0 fully saturated rings. The van der Waals surface area contributed by atoms with E-state index in [0.29, 0.717) is 19.3 Å². The summed E-state index contributed by atoms with van der Waals surface area (Å²) >= 11 is 0. The largest absolute Gasteiger partial charge is 0.462 e. The first kappa shape index (κ1) is 72.3. The van der Waals surface area contributed by atoms with E-state index in [1.165, 1.54) is 154 Å². The predicted molar refractivity (Wildman–Crippen MR) is 330 cm³/mol. The van der Waals surface area contributed by atoms with Crippen molar-refractivity contribution in [3.8, 4) is 0 Å². The first-order chi connectivity index (χ1) is 37.5. The Morgan fingerprint density at radius 2 is 0.513 bits per heavy atom. The fourth-order valence-electron chi connectivity index (χ4n) is 9.01. The van der Waals surface area contributed by atoms with Crippen LogP contribution in [0, 0.1) is 0 Å². The molecular weight excluding hydrogens is 937 g/mol. The lowest BCUT2D eigenvalue weighted by Crippen LogP contribution is -2.30. The van der Waals surface area contributed by atoms with Crippen molar-refractivity contribution in [1.29, 1.82) is 0 Å². The van der Waals surface area contributed by atoms with E-state index in [9.17, 15) is 14.4 Å². The zero-order chi connectivity index (χ0) is 55.0. The van der Waals surface area contributed by atoms with Crippen molar-refractivity contribution in [2.24, 2.45) is 0 Å². The van der Waals surface area contributed by atoms with Crippen LogP contribution < -0.4 is 0 Å². The van der Waals surface area contributed by atoms with E-state index in [-0.39, 0.29) is 31.1 Å². The van der Waals surface area contributed by atoms with Crippen molar-refractivity contribution < 1.29 is 28.6 Å². The zero-order valence-electron chi connectivity index (χ0n) is 50.0. The minimum absolute atomic E-state index is 0.0812. The summed E-state index contributed by atoms with van der Waals surface area (Å²) in [6.45, 7) is 6.51. The van der Waals surface area contributed by atoms with Gasteiger partial charge >= 0.3 is 17.9 Å². The number of carbonyl (C=O) groups excluding carboxylic acids is 3. The van der Waals surface area contributed by atoms with Gasteiger partial charge < -0.3 is 14.2 Å². The summed E-state index contributed by atoms with van der Waals surface area (Å²) in [6, 6.07) is 0. The number of unbranched alkanes of at least 4 members (excludes halogenated alkanes) is 31. The molecule has 0 saturated heterocycles. The number of allylic oxidation sites excluding steroid dienone is 16. The lowest BCUT2D eigenvalue weighted by molar-refractivity contribution is -0.167. The molecule has 0 aromatic carbocycles. The summed E-state index contributed by atoms with van der Waals surface area (Å²) in [6.07, 6.45) is 85.6. The number of hydrogen-bond donors (Lipinski definition) is 0. The Hall–Kier alpha value is -3.67. The van der Waals surface area contributed by atoms with E-state index in [4.69, 9.17) is 14.2 Å². The summed E-state index contributed by atoms with van der Waals surface area (Å²) < 4.78 is 16.9. The Morgan fingerprint density at radius 3 is 0.803 bits per heavy atom. The molecule has 0 radical (unpaired) electrons. The third-order valence-corrected chi connectivity index (χ3v) is 13.8. The first-order valence-electron chi connectivity index (χ1n) is 32.2. The number of ether oxygens (including phenoxy) is 3. The van der Waals surface area contributed by atoms with Crippen LogP contribution in [0.4, 0.5) is 0 Å². The SMILES string of the molecule is CC/C=C\C/C=C\C/C=C\C/C=C\C/C=C\CCCCCCCCCCCCCC(=O)OCC(COC(=O)CCCCCCCCCCCC)OC(=O)CCCCCCCC/C=C\C/C=C\C/C=C\CCCCCCC. The highest BCUT2D eigenvalue weighted by molar-refractivity contribution is 5.71. The van der Waals surface area contributed by atoms with Crippen molar-refractivity contribution in [2.45, 2.75) is 316 Å². The molecule has 1 unspecified atom stereocenters. The molecule has 436 valence electrons. The molecule has 1 atom stereocenters. The second-order valence-electron chi connectivity index (χ2n) is 21.3. The summed E-state index contributed by atoms with van der Waals surface area (Å²) in [5.41, 5.74) is 0. The van der Waals surface area contributed by atoms with E-state index in [1.54, 1.807) is 0 Å². The Morgan fingerprint density at radius 1 is 0.276 bits per heavy atom. The van der Waals surface area contributed by atoms with Gasteiger partial charge in [-0.1, -0.05) is 285 Å². The molecule has 6 nitrogen and oxygen atoms in total. The Bertz CT molecular complexity index is 1490. The predicted octanol–water partition coefficient (Wildman–Crippen LogP) is 22.0. The fourth-order valence-corrected chi connectivity index (χ4v) is 9.01. The van der Waals surface area contributed by atoms with Gasteiger partial charge in [0.2, 0.25) is 0 Å². The molecule has 0 aliphatic rings. The lowest BCUT2D eigenvalue weighted by Gasteiger charge is -2.18. The van der Waals surface area contributed by atoms with Gasteiger partial charge in [-0.2, -0.15) is 0 Å². The molecule has 0 amide bonds. The molecular formula is C70H120O6. The summed E-state index contributed by atoms with van der Waals surface area (Å²) in [5.74, 6) is -0.889. The van der Waals surface area contributed by atoms with Gasteiger partial charge in [0.25, 0.3) is 0 Å². The quantitative estimate of drug-likeness (QED) is 0.0261. The number of rotatable bonds is 58. The maximum atomic E-state index is 12.9. The van der Waals surface area contributed by atoms with E-state index in [0.717, 1.165) is 116 Å². The number of carbonyl (C=O) groups is 3. The van der Waals surface area contributed by atoms with Gasteiger partial charge in [0.05, 0.1) is 0 Å². The van der Waals surface area contributed by atoms with E-state index in [1.807, 2.05) is 0 Å². The molecule has 0 rings (SSSR count). The van der Waals surface area contributed by atoms with Crippen LogP contribution in [0.5, 0.6) is 0 Å². The highest BCUT2D eigenvalue weighted by Crippen LogP contribution is 2.16. The van der Waals surface area contributed by atoms with Crippen molar-refractivity contribution in [3.63, 3.8) is 0 Å². The minimum atomic E-state index is -0.785. The highest BCUT2D eigenvalue weighted by Gasteiger charge is 2.19. The second-order valence-corrected chi connectivity index (χ2v) is 21.3. The molecule has 0 bridgehead atoms. The van der Waals surface area contributed by atoms with E-state index < -0.39 is 6.10 Å². The highest BCUT2D eigenvalue weighted by atomic mass is 16.6. The summed E-state index contributed by atoms with van der Waals surface area (Å²) in [4.78, 5) is 38.2. The van der Waals surface area contributed by atoms with Gasteiger partial charge in [0.1, 0.15) is 13.2 Å². The molecule has 0 heterocycles. The Balaban J connectivity index is 4.27. The molecule has 0 aliphatic heterocycles. The van der Waals surface area contributed by atoms with Gasteiger partial charge in [-0.15, -0.1) is 0 Å². The van der Waals surface area contributed by atoms with Crippen LogP contribution in [0.1, 0.15) is 310 Å². The molecule has 0 aliphatic carbocycles. The molecule has 0 saturated carbocycles. The van der Waals surface area contributed by atoms with E-state index in [2.05, 4.69) is 118 Å². The van der Waals surface area contributed by atoms with Crippen LogP contribution >= 0.6 is 0 Å². The molecule has 0 aromatic heterocycles. The summed E-state index contributed by atoms with van der Waals surface area (Å²) in [7, 11) is 0. The topological polar surface area (TPSA) is 78.9 Å². The van der Waals surface area contributed by atoms with Gasteiger partial charge in [-0.25, -0.2) is 0 Å². The second kappa shape index (κ2) is 63.9. The van der Waals surface area contributed by atoms with Crippen LogP contribution in [0.15, 0.2) is 97.2 Å². The number of esters is 3.